The average molecular weight is 292 g/mol. The molecule has 0 bridgehead atoms. The summed E-state index contributed by atoms with van der Waals surface area (Å²) >= 11 is 3.44. The summed E-state index contributed by atoms with van der Waals surface area (Å²) in [4.78, 5) is 4.47. The average Bonchev–Trinajstić information content (AvgIpc) is 2.90. The number of pyridine rings is 1. The van der Waals surface area contributed by atoms with Crippen LogP contribution in [-0.2, 0) is 6.42 Å². The number of hydrogen-bond donors (Lipinski definition) is 1. The van der Waals surface area contributed by atoms with Crippen LogP contribution < -0.4 is 5.73 Å². The van der Waals surface area contributed by atoms with Gasteiger partial charge in [-0.05, 0) is 40.2 Å². The van der Waals surface area contributed by atoms with Crippen LogP contribution in [0.4, 0.5) is 5.82 Å². The molecule has 0 aliphatic heterocycles. The monoisotopic (exact) mass is 291 g/mol. The van der Waals surface area contributed by atoms with E-state index in [9.17, 15) is 0 Å². The van der Waals surface area contributed by atoms with Crippen LogP contribution in [0.1, 0.15) is 11.6 Å². The lowest BCUT2D eigenvalue weighted by atomic mass is 10.3. The van der Waals surface area contributed by atoms with E-state index in [0.717, 1.165) is 21.7 Å². The highest BCUT2D eigenvalue weighted by Gasteiger charge is 2.12. The maximum absolute atomic E-state index is 5.97. The molecule has 0 amide bonds. The first kappa shape index (κ1) is 10.4. The van der Waals surface area contributed by atoms with E-state index in [0.29, 0.717) is 12.2 Å². The van der Waals surface area contributed by atoms with Crippen LogP contribution >= 0.6 is 15.9 Å². The zero-order valence-electron chi connectivity index (χ0n) is 8.93. The molecule has 0 aliphatic rings. The first-order chi connectivity index (χ1) is 8.25. The molecule has 3 aromatic rings. The van der Waals surface area contributed by atoms with E-state index in [-0.39, 0.29) is 0 Å². The van der Waals surface area contributed by atoms with Gasteiger partial charge in [0.15, 0.2) is 0 Å². The molecule has 4 nitrogen and oxygen atoms in total. The van der Waals surface area contributed by atoms with E-state index >= 15 is 0 Å². The summed E-state index contributed by atoms with van der Waals surface area (Å²) in [5, 5.41) is 0. The molecule has 0 radical (unpaired) electrons. The van der Waals surface area contributed by atoms with Gasteiger partial charge in [0.2, 0.25) is 0 Å². The van der Waals surface area contributed by atoms with Gasteiger partial charge >= 0.3 is 0 Å². The van der Waals surface area contributed by atoms with Crippen molar-refractivity contribution in [2.24, 2.45) is 0 Å². The number of furan rings is 1. The topological polar surface area (TPSA) is 56.5 Å². The Kier molecular flexibility index (Phi) is 2.40. The summed E-state index contributed by atoms with van der Waals surface area (Å²) < 4.78 is 8.05. The van der Waals surface area contributed by atoms with E-state index in [1.165, 1.54) is 0 Å². The number of nitrogens with two attached hydrogens (primary N) is 1. The van der Waals surface area contributed by atoms with Crippen LogP contribution in [0.15, 0.2) is 45.6 Å². The van der Waals surface area contributed by atoms with Crippen LogP contribution in [0.2, 0.25) is 0 Å². The smallest absolute Gasteiger partial charge is 0.132 e. The summed E-state index contributed by atoms with van der Waals surface area (Å²) in [6.07, 6.45) is 2.28. The molecular formula is C12H10BrN3O. The van der Waals surface area contributed by atoms with Crippen LogP contribution in [0.25, 0.3) is 5.52 Å². The number of rotatable bonds is 2. The van der Waals surface area contributed by atoms with Crippen LogP contribution in [-0.4, -0.2) is 9.38 Å². The predicted octanol–water partition coefficient (Wildman–Crippen LogP) is 2.86. The summed E-state index contributed by atoms with van der Waals surface area (Å²) in [7, 11) is 0. The van der Waals surface area contributed by atoms with Crippen LogP contribution in [0, 0.1) is 0 Å². The zero-order valence-corrected chi connectivity index (χ0v) is 10.5. The van der Waals surface area contributed by atoms with Gasteiger partial charge in [-0.2, -0.15) is 0 Å². The highest BCUT2D eigenvalue weighted by atomic mass is 79.9. The number of nitrogens with zero attached hydrogens (tertiary/aromatic N) is 2. The fourth-order valence-electron chi connectivity index (χ4n) is 1.88. The Hall–Kier alpha value is -1.75. The predicted molar refractivity (Wildman–Crippen MR) is 68.8 cm³/mol. The largest absolute Gasteiger partial charge is 0.469 e. The Labute approximate surface area is 106 Å². The minimum Gasteiger partial charge on any atom is -0.469 e. The number of hydrogen-bond acceptors (Lipinski definition) is 3. The molecule has 3 aromatic heterocycles. The van der Waals surface area contributed by atoms with Crippen molar-refractivity contribution in [1.82, 2.24) is 9.38 Å². The third-order valence-electron chi connectivity index (χ3n) is 2.63. The Morgan fingerprint density at radius 2 is 2.18 bits per heavy atom. The summed E-state index contributed by atoms with van der Waals surface area (Å²) in [6.45, 7) is 0. The van der Waals surface area contributed by atoms with Gasteiger partial charge in [-0.15, -0.1) is 0 Å². The highest BCUT2D eigenvalue weighted by Crippen LogP contribution is 2.23. The van der Waals surface area contributed by atoms with Crippen molar-refractivity contribution in [3.8, 4) is 0 Å². The Morgan fingerprint density at radius 3 is 2.94 bits per heavy atom. The molecule has 2 N–H and O–H groups in total. The van der Waals surface area contributed by atoms with Gasteiger partial charge in [0.25, 0.3) is 0 Å². The second kappa shape index (κ2) is 3.92. The van der Waals surface area contributed by atoms with Crippen molar-refractivity contribution < 1.29 is 4.42 Å². The molecule has 0 unspecified atom stereocenters. The summed E-state index contributed by atoms with van der Waals surface area (Å²) in [5.41, 5.74) is 6.94. The van der Waals surface area contributed by atoms with Crippen molar-refractivity contribution in [3.63, 3.8) is 0 Å². The molecule has 5 heteroatoms. The maximum atomic E-state index is 5.97. The second-order valence-corrected chi connectivity index (χ2v) is 4.50. The van der Waals surface area contributed by atoms with Gasteiger partial charge in [-0.1, -0.05) is 6.07 Å². The Balaban J connectivity index is 2.16. The number of aromatic nitrogens is 2. The molecule has 0 fully saturated rings. The number of anilines is 1. The molecule has 3 heterocycles. The SMILES string of the molecule is Nc1cccc2c(Br)nc(Cc3ccco3)n12. The molecule has 0 atom stereocenters. The lowest BCUT2D eigenvalue weighted by Crippen LogP contribution is -2.01. The number of nitrogen functional groups attached to an aromatic ring is 1. The molecule has 0 aromatic carbocycles. The quantitative estimate of drug-likeness (QED) is 0.790. The first-order valence-electron chi connectivity index (χ1n) is 5.19. The lowest BCUT2D eigenvalue weighted by molar-refractivity contribution is 0.517. The van der Waals surface area contributed by atoms with E-state index in [1.807, 2.05) is 34.7 Å². The minimum absolute atomic E-state index is 0.619. The van der Waals surface area contributed by atoms with Crippen molar-refractivity contribution >= 4 is 27.3 Å². The van der Waals surface area contributed by atoms with Gasteiger partial charge in [-0.25, -0.2) is 4.98 Å². The molecule has 0 saturated heterocycles. The van der Waals surface area contributed by atoms with Crippen LogP contribution in [0.5, 0.6) is 0 Å². The fraction of sp³-hybridized carbons (Fsp3) is 0.0833. The normalized spacial score (nSPS) is 11.1. The third-order valence-corrected chi connectivity index (χ3v) is 3.21. The number of halogens is 1. The van der Waals surface area contributed by atoms with Crippen molar-refractivity contribution in [2.45, 2.75) is 6.42 Å². The molecule has 0 aliphatic carbocycles. The van der Waals surface area contributed by atoms with Gasteiger partial charge in [0.1, 0.15) is 22.0 Å². The van der Waals surface area contributed by atoms with Gasteiger partial charge < -0.3 is 10.2 Å². The standard InChI is InChI=1S/C12H10BrN3O/c13-12-9-4-1-5-10(14)16(9)11(15-12)7-8-3-2-6-17-8/h1-6H,7,14H2. The number of fused-ring (bicyclic) bond motifs is 1. The van der Waals surface area contributed by atoms with Gasteiger partial charge in [0, 0.05) is 0 Å². The van der Waals surface area contributed by atoms with E-state index in [2.05, 4.69) is 20.9 Å². The lowest BCUT2D eigenvalue weighted by Gasteiger charge is -2.02. The Morgan fingerprint density at radius 1 is 1.29 bits per heavy atom. The first-order valence-corrected chi connectivity index (χ1v) is 5.98. The highest BCUT2D eigenvalue weighted by molar-refractivity contribution is 9.10. The zero-order chi connectivity index (χ0) is 11.8. The second-order valence-electron chi connectivity index (χ2n) is 3.75. The van der Waals surface area contributed by atoms with Gasteiger partial charge in [-0.3, -0.25) is 4.40 Å². The van der Waals surface area contributed by atoms with Gasteiger partial charge in [0.05, 0.1) is 18.2 Å². The van der Waals surface area contributed by atoms with E-state index in [4.69, 9.17) is 10.2 Å². The Bertz CT molecular complexity index is 658. The molecule has 17 heavy (non-hydrogen) atoms. The van der Waals surface area contributed by atoms with E-state index < -0.39 is 0 Å². The van der Waals surface area contributed by atoms with Crippen molar-refractivity contribution in [2.75, 3.05) is 5.73 Å². The number of imidazole rings is 1. The summed E-state index contributed by atoms with van der Waals surface area (Å²) in [6, 6.07) is 9.53. The maximum Gasteiger partial charge on any atom is 0.132 e. The molecule has 0 saturated carbocycles. The molecule has 86 valence electrons. The molecule has 0 spiro atoms. The van der Waals surface area contributed by atoms with E-state index in [1.54, 1.807) is 6.26 Å². The fourth-order valence-corrected chi connectivity index (χ4v) is 2.40. The third kappa shape index (κ3) is 1.72. The molecule has 3 rings (SSSR count). The van der Waals surface area contributed by atoms with Crippen molar-refractivity contribution in [3.05, 3.63) is 52.8 Å². The van der Waals surface area contributed by atoms with Crippen LogP contribution in [0.3, 0.4) is 0 Å². The summed E-state index contributed by atoms with van der Waals surface area (Å²) in [5.74, 6) is 2.40. The van der Waals surface area contributed by atoms with Crippen molar-refractivity contribution in [1.29, 1.82) is 0 Å². The molecular weight excluding hydrogens is 282 g/mol. The minimum atomic E-state index is 0.619.